The molecule has 0 bridgehead atoms. The summed E-state index contributed by atoms with van der Waals surface area (Å²) < 4.78 is 0. The van der Waals surface area contributed by atoms with Gasteiger partial charge in [0.25, 0.3) is 0 Å². The van der Waals surface area contributed by atoms with Crippen molar-refractivity contribution in [1.82, 2.24) is 10.2 Å². The van der Waals surface area contributed by atoms with Gasteiger partial charge in [0.05, 0.1) is 5.69 Å². The predicted molar refractivity (Wildman–Crippen MR) is 39.4 cm³/mol. The normalized spacial score (nSPS) is 11.9. The third-order valence-electron chi connectivity index (χ3n) is 1.13. The molecule has 10 heavy (non-hydrogen) atoms. The van der Waals surface area contributed by atoms with Gasteiger partial charge in [0, 0.05) is 24.2 Å². The number of aromatic nitrogens is 2. The van der Waals surface area contributed by atoms with Crippen molar-refractivity contribution in [3.05, 3.63) is 18.0 Å². The maximum Gasteiger partial charge on any atom is 0.0719 e. The Labute approximate surface area is 60.6 Å². The van der Waals surface area contributed by atoms with E-state index in [-0.39, 0.29) is 5.54 Å². The van der Waals surface area contributed by atoms with Crippen LogP contribution in [-0.2, 0) is 6.42 Å². The molecule has 55 valence electrons. The number of nitrogens with one attached hydrogen (secondary N) is 1. The molecule has 0 amide bonds. The van der Waals surface area contributed by atoms with E-state index in [4.69, 9.17) is 5.73 Å². The van der Waals surface area contributed by atoms with Crippen LogP contribution in [0.5, 0.6) is 0 Å². The van der Waals surface area contributed by atoms with Crippen LogP contribution in [0.25, 0.3) is 0 Å². The first kappa shape index (κ1) is 7.28. The monoisotopic (exact) mass is 138 g/mol. The molecule has 0 aliphatic heterocycles. The van der Waals surface area contributed by atoms with Crippen LogP contribution in [0.4, 0.5) is 0 Å². The fraction of sp³-hybridized carbons (Fsp3) is 0.571. The van der Waals surface area contributed by atoms with Gasteiger partial charge in [0.1, 0.15) is 0 Å². The van der Waals surface area contributed by atoms with Crippen molar-refractivity contribution in [3.63, 3.8) is 0 Å². The number of nitrogens with zero attached hydrogens (tertiary/aromatic N) is 1. The number of rotatable bonds is 2. The van der Waals surface area contributed by atoms with Gasteiger partial charge < -0.3 is 5.73 Å². The molecule has 0 fully saturated rings. The van der Waals surface area contributed by atoms with Crippen LogP contribution in [0.15, 0.2) is 6.20 Å². The Morgan fingerprint density at radius 1 is 1.80 bits per heavy atom. The van der Waals surface area contributed by atoms with Crippen molar-refractivity contribution in [3.8, 4) is 0 Å². The summed E-state index contributed by atoms with van der Waals surface area (Å²) in [6.45, 7) is 3.94. The lowest BCUT2D eigenvalue weighted by Crippen LogP contribution is -2.34. The van der Waals surface area contributed by atoms with Crippen LogP contribution in [0.2, 0.25) is 0 Å². The molecule has 0 atom stereocenters. The summed E-state index contributed by atoms with van der Waals surface area (Å²) in [4.78, 5) is 0. The van der Waals surface area contributed by atoms with E-state index in [9.17, 15) is 0 Å². The quantitative estimate of drug-likeness (QED) is 0.625. The second-order valence-electron chi connectivity index (χ2n) is 3.14. The number of hydrogen-bond acceptors (Lipinski definition) is 2. The third-order valence-corrected chi connectivity index (χ3v) is 1.13. The fourth-order valence-electron chi connectivity index (χ4n) is 0.780. The van der Waals surface area contributed by atoms with Gasteiger partial charge in [0.2, 0.25) is 0 Å². The first-order valence-corrected chi connectivity index (χ1v) is 3.27. The highest BCUT2D eigenvalue weighted by atomic mass is 15.1. The molecule has 0 unspecified atom stereocenters. The first-order chi connectivity index (χ1) is 4.58. The number of hydrogen-bond donors (Lipinski definition) is 2. The first-order valence-electron chi connectivity index (χ1n) is 3.27. The highest BCUT2D eigenvalue weighted by Crippen LogP contribution is 2.04. The van der Waals surface area contributed by atoms with E-state index in [1.807, 2.05) is 13.8 Å². The van der Waals surface area contributed by atoms with E-state index in [1.165, 1.54) is 0 Å². The van der Waals surface area contributed by atoms with E-state index in [2.05, 4.69) is 16.3 Å². The third kappa shape index (κ3) is 2.19. The van der Waals surface area contributed by atoms with E-state index in [1.54, 1.807) is 6.20 Å². The van der Waals surface area contributed by atoms with Crippen molar-refractivity contribution in [2.24, 2.45) is 5.73 Å². The molecule has 0 aromatic carbocycles. The second kappa shape index (κ2) is 2.42. The van der Waals surface area contributed by atoms with Crippen LogP contribution in [0, 0.1) is 6.07 Å². The summed E-state index contributed by atoms with van der Waals surface area (Å²) in [7, 11) is 0. The standard InChI is InChI=1S/C7H12N3/c1-7(2,8)5-6-3-4-9-10-6/h4H,5,8H2,1-2H3,(H,9,10). The summed E-state index contributed by atoms with van der Waals surface area (Å²) in [6, 6.07) is 2.95. The van der Waals surface area contributed by atoms with E-state index >= 15 is 0 Å². The maximum atomic E-state index is 5.75. The molecule has 3 nitrogen and oxygen atoms in total. The van der Waals surface area contributed by atoms with Crippen molar-refractivity contribution in [1.29, 1.82) is 0 Å². The van der Waals surface area contributed by atoms with E-state index in [0.717, 1.165) is 12.1 Å². The lowest BCUT2D eigenvalue weighted by Gasteiger charge is -2.15. The van der Waals surface area contributed by atoms with Crippen molar-refractivity contribution in [2.45, 2.75) is 25.8 Å². The summed E-state index contributed by atoms with van der Waals surface area (Å²) in [5, 5.41) is 6.63. The van der Waals surface area contributed by atoms with Gasteiger partial charge in [-0.3, -0.25) is 5.10 Å². The van der Waals surface area contributed by atoms with E-state index < -0.39 is 0 Å². The van der Waals surface area contributed by atoms with Crippen LogP contribution >= 0.6 is 0 Å². The Hall–Kier alpha value is -0.830. The zero-order chi connectivity index (χ0) is 7.61. The topological polar surface area (TPSA) is 54.7 Å². The summed E-state index contributed by atoms with van der Waals surface area (Å²) in [5.41, 5.74) is 6.46. The van der Waals surface area contributed by atoms with Crippen LogP contribution in [0.3, 0.4) is 0 Å². The number of aromatic amines is 1. The molecule has 0 spiro atoms. The zero-order valence-corrected chi connectivity index (χ0v) is 6.31. The number of nitrogens with two attached hydrogens (primary N) is 1. The van der Waals surface area contributed by atoms with Crippen LogP contribution in [-0.4, -0.2) is 15.7 Å². The Bertz CT molecular complexity index is 183. The summed E-state index contributed by atoms with van der Waals surface area (Å²) in [5.74, 6) is 0. The SMILES string of the molecule is CC(C)(N)Cc1[c]c[nH]n1. The van der Waals surface area contributed by atoms with Crippen LogP contribution in [0.1, 0.15) is 19.5 Å². The molecule has 0 saturated heterocycles. The van der Waals surface area contributed by atoms with Crippen molar-refractivity contribution < 1.29 is 0 Å². The molecule has 1 rings (SSSR count). The molecular weight excluding hydrogens is 126 g/mol. The lowest BCUT2D eigenvalue weighted by atomic mass is 10.0. The molecule has 3 heteroatoms. The van der Waals surface area contributed by atoms with Gasteiger partial charge in [-0.05, 0) is 13.8 Å². The molecular formula is C7H12N3. The highest BCUT2D eigenvalue weighted by molar-refractivity contribution is 5.00. The minimum absolute atomic E-state index is 0.189. The zero-order valence-electron chi connectivity index (χ0n) is 6.31. The molecule has 0 aliphatic carbocycles. The minimum atomic E-state index is -0.189. The maximum absolute atomic E-state index is 5.75. The largest absolute Gasteiger partial charge is 0.325 e. The van der Waals surface area contributed by atoms with Gasteiger partial charge in [-0.2, -0.15) is 5.10 Å². The lowest BCUT2D eigenvalue weighted by molar-refractivity contribution is 0.509. The molecule has 1 radical (unpaired) electrons. The predicted octanol–water partition coefficient (Wildman–Crippen LogP) is 0.490. The smallest absolute Gasteiger partial charge is 0.0719 e. The minimum Gasteiger partial charge on any atom is -0.325 e. The number of H-pyrrole nitrogens is 1. The molecule has 1 aromatic rings. The Morgan fingerprint density at radius 2 is 2.50 bits per heavy atom. The highest BCUT2D eigenvalue weighted by Gasteiger charge is 2.12. The molecule has 1 aromatic heterocycles. The Kier molecular flexibility index (Phi) is 1.76. The molecule has 3 N–H and O–H groups in total. The molecule has 1 heterocycles. The average molecular weight is 138 g/mol. The molecule has 0 saturated carbocycles. The summed E-state index contributed by atoms with van der Waals surface area (Å²) >= 11 is 0. The van der Waals surface area contributed by atoms with Gasteiger partial charge in [-0.1, -0.05) is 0 Å². The van der Waals surface area contributed by atoms with Crippen molar-refractivity contribution >= 4 is 0 Å². The van der Waals surface area contributed by atoms with Gasteiger partial charge >= 0.3 is 0 Å². The Balaban J connectivity index is 2.57. The van der Waals surface area contributed by atoms with Gasteiger partial charge in [-0.15, -0.1) is 0 Å². The fourth-order valence-corrected chi connectivity index (χ4v) is 0.780. The average Bonchev–Trinajstić information content (AvgIpc) is 2.12. The van der Waals surface area contributed by atoms with Crippen molar-refractivity contribution in [2.75, 3.05) is 0 Å². The molecule has 0 aliphatic rings. The van der Waals surface area contributed by atoms with Gasteiger partial charge in [0.15, 0.2) is 0 Å². The Morgan fingerprint density at radius 3 is 2.90 bits per heavy atom. The van der Waals surface area contributed by atoms with Gasteiger partial charge in [-0.25, -0.2) is 0 Å². The summed E-state index contributed by atoms with van der Waals surface area (Å²) in [6.07, 6.45) is 2.44. The second-order valence-corrected chi connectivity index (χ2v) is 3.14. The van der Waals surface area contributed by atoms with Crippen LogP contribution < -0.4 is 5.73 Å². The van der Waals surface area contributed by atoms with E-state index in [0.29, 0.717) is 0 Å².